The van der Waals surface area contributed by atoms with E-state index in [1.165, 1.54) is 23.8 Å². The number of rotatable bonds is 8. The summed E-state index contributed by atoms with van der Waals surface area (Å²) in [4.78, 5) is 11.9. The first-order chi connectivity index (χ1) is 13.7. The number of amides is 1. The molecule has 0 aromatic heterocycles. The minimum Gasteiger partial charge on any atom is -0.492 e. The van der Waals surface area contributed by atoms with Crippen molar-refractivity contribution in [2.75, 3.05) is 23.2 Å². The molecule has 1 heterocycles. The van der Waals surface area contributed by atoms with E-state index in [9.17, 15) is 21.6 Å². The zero-order chi connectivity index (χ0) is 21.1. The summed E-state index contributed by atoms with van der Waals surface area (Å²) in [6.45, 7) is 2.21. The molecule has 0 bridgehead atoms. The molecule has 1 N–H and O–H groups in total. The molecule has 160 valence electrons. The van der Waals surface area contributed by atoms with Gasteiger partial charge in [-0.3, -0.25) is 4.79 Å². The van der Waals surface area contributed by atoms with Crippen LogP contribution in [0.3, 0.4) is 0 Å². The zero-order valence-electron chi connectivity index (χ0n) is 16.4. The number of nitrogens with one attached hydrogen (secondary N) is 1. The van der Waals surface area contributed by atoms with E-state index in [-0.39, 0.29) is 41.7 Å². The number of hydrogen-bond acceptors (Lipinski definition) is 6. The normalized spacial score (nSPS) is 19.3. The van der Waals surface area contributed by atoms with E-state index in [0.29, 0.717) is 10.7 Å². The SMILES string of the molecule is CCOc1ccc(N2C(=O)CCS2(=O)=O)cc1S(=O)(=O)NCCC1=CCCCC1. The molecule has 2 aliphatic rings. The van der Waals surface area contributed by atoms with Crippen LogP contribution < -0.4 is 13.8 Å². The van der Waals surface area contributed by atoms with E-state index in [1.807, 2.05) is 0 Å². The third kappa shape index (κ3) is 4.99. The van der Waals surface area contributed by atoms with Crippen LogP contribution in [-0.2, 0) is 24.8 Å². The van der Waals surface area contributed by atoms with Crippen molar-refractivity contribution in [3.05, 3.63) is 29.8 Å². The minimum absolute atomic E-state index is 0.00585. The number of carbonyl (C=O) groups excluding carboxylic acids is 1. The maximum atomic E-state index is 12.9. The molecule has 1 aliphatic carbocycles. The molecule has 1 aliphatic heterocycles. The number of anilines is 1. The van der Waals surface area contributed by atoms with Crippen LogP contribution in [0.1, 0.15) is 45.4 Å². The zero-order valence-corrected chi connectivity index (χ0v) is 18.0. The molecule has 8 nitrogen and oxygen atoms in total. The van der Waals surface area contributed by atoms with Gasteiger partial charge < -0.3 is 4.74 Å². The Morgan fingerprint density at radius 3 is 2.62 bits per heavy atom. The Kier molecular flexibility index (Phi) is 6.65. The summed E-state index contributed by atoms with van der Waals surface area (Å²) in [5.74, 6) is -0.742. The fraction of sp³-hybridized carbons (Fsp3) is 0.526. The summed E-state index contributed by atoms with van der Waals surface area (Å²) in [5.41, 5.74) is 1.25. The average molecular weight is 443 g/mol. The first kappa shape index (κ1) is 21.8. The van der Waals surface area contributed by atoms with Gasteiger partial charge in [-0.1, -0.05) is 11.6 Å². The van der Waals surface area contributed by atoms with Crippen molar-refractivity contribution in [2.24, 2.45) is 0 Å². The number of benzene rings is 1. The van der Waals surface area contributed by atoms with Crippen LogP contribution in [0, 0.1) is 0 Å². The lowest BCUT2D eigenvalue weighted by Crippen LogP contribution is -2.30. The van der Waals surface area contributed by atoms with Gasteiger partial charge in [-0.25, -0.2) is 25.9 Å². The number of sulfonamides is 2. The number of carbonyl (C=O) groups is 1. The van der Waals surface area contributed by atoms with E-state index in [2.05, 4.69) is 10.8 Å². The Balaban J connectivity index is 1.86. The van der Waals surface area contributed by atoms with Crippen molar-refractivity contribution in [3.63, 3.8) is 0 Å². The third-order valence-corrected chi connectivity index (χ3v) is 8.13. The first-order valence-corrected chi connectivity index (χ1v) is 12.8. The van der Waals surface area contributed by atoms with Gasteiger partial charge >= 0.3 is 0 Å². The van der Waals surface area contributed by atoms with Crippen molar-refractivity contribution in [1.29, 1.82) is 0 Å². The maximum Gasteiger partial charge on any atom is 0.244 e. The molecule has 0 spiro atoms. The average Bonchev–Trinajstić information content (AvgIpc) is 2.96. The van der Waals surface area contributed by atoms with Gasteiger partial charge in [-0.15, -0.1) is 0 Å². The lowest BCUT2D eigenvalue weighted by Gasteiger charge is -2.18. The van der Waals surface area contributed by atoms with Crippen LogP contribution in [-0.4, -0.2) is 41.6 Å². The number of hydrogen-bond donors (Lipinski definition) is 1. The van der Waals surface area contributed by atoms with Gasteiger partial charge in [0.1, 0.15) is 10.6 Å². The molecule has 0 saturated carbocycles. The molecule has 1 fully saturated rings. The summed E-state index contributed by atoms with van der Waals surface area (Å²) >= 11 is 0. The van der Waals surface area contributed by atoms with E-state index < -0.39 is 26.0 Å². The quantitative estimate of drug-likeness (QED) is 0.619. The van der Waals surface area contributed by atoms with E-state index in [0.717, 1.165) is 25.7 Å². The standard InChI is InChI=1S/C19H26N2O6S2/c1-2-27-17-9-8-16(21-19(22)11-13-28(21,23)24)14-18(17)29(25,26)20-12-10-15-6-4-3-5-7-15/h6,8-9,14,20H,2-5,7,10-13H2,1H3. The Labute approximate surface area is 172 Å². The molecule has 1 aromatic carbocycles. The Morgan fingerprint density at radius 1 is 1.21 bits per heavy atom. The highest BCUT2D eigenvalue weighted by Gasteiger charge is 2.37. The van der Waals surface area contributed by atoms with Crippen molar-refractivity contribution < 1.29 is 26.4 Å². The lowest BCUT2D eigenvalue weighted by atomic mass is 9.97. The predicted molar refractivity (Wildman–Crippen MR) is 110 cm³/mol. The highest BCUT2D eigenvalue weighted by molar-refractivity contribution is 7.94. The number of allylic oxidation sites excluding steroid dienone is 1. The molecule has 1 aromatic rings. The Morgan fingerprint density at radius 2 is 2.00 bits per heavy atom. The number of ether oxygens (including phenoxy) is 1. The molecule has 10 heteroatoms. The molecule has 29 heavy (non-hydrogen) atoms. The van der Waals surface area contributed by atoms with Crippen LogP contribution in [0.5, 0.6) is 5.75 Å². The molecule has 0 radical (unpaired) electrons. The van der Waals surface area contributed by atoms with Crippen molar-refractivity contribution in [3.8, 4) is 5.75 Å². The van der Waals surface area contributed by atoms with Crippen LogP contribution in [0.15, 0.2) is 34.7 Å². The van der Waals surface area contributed by atoms with Gasteiger partial charge in [0.05, 0.1) is 18.0 Å². The maximum absolute atomic E-state index is 12.9. The fourth-order valence-corrected chi connectivity index (χ4v) is 6.18. The van der Waals surface area contributed by atoms with Crippen LogP contribution in [0.2, 0.25) is 0 Å². The topological polar surface area (TPSA) is 110 Å². The van der Waals surface area contributed by atoms with Crippen molar-refractivity contribution in [2.45, 2.75) is 50.3 Å². The highest BCUT2D eigenvalue weighted by Crippen LogP contribution is 2.32. The third-order valence-electron chi connectivity index (χ3n) is 4.95. The summed E-state index contributed by atoms with van der Waals surface area (Å²) in [6.07, 6.45) is 6.96. The predicted octanol–water partition coefficient (Wildman–Crippen LogP) is 2.32. The molecular formula is C19H26N2O6S2. The van der Waals surface area contributed by atoms with E-state index >= 15 is 0 Å². The van der Waals surface area contributed by atoms with Crippen molar-refractivity contribution >= 4 is 31.6 Å². The summed E-state index contributed by atoms with van der Waals surface area (Å²) in [5, 5.41) is 0. The Hall–Kier alpha value is -1.91. The molecule has 3 rings (SSSR count). The van der Waals surface area contributed by atoms with Crippen molar-refractivity contribution in [1.82, 2.24) is 4.72 Å². The number of nitrogens with zero attached hydrogens (tertiary/aromatic N) is 1. The van der Waals surface area contributed by atoms with Gasteiger partial charge in [0.2, 0.25) is 26.0 Å². The molecule has 1 amide bonds. The van der Waals surface area contributed by atoms with Crippen LogP contribution in [0.4, 0.5) is 5.69 Å². The van der Waals surface area contributed by atoms with E-state index in [4.69, 9.17) is 4.74 Å². The summed E-state index contributed by atoms with van der Waals surface area (Å²) in [7, 11) is -7.74. The van der Waals surface area contributed by atoms with Crippen LogP contribution >= 0.6 is 0 Å². The van der Waals surface area contributed by atoms with Gasteiger partial charge in [-0.05, 0) is 57.2 Å². The lowest BCUT2D eigenvalue weighted by molar-refractivity contribution is -0.116. The second-order valence-electron chi connectivity index (χ2n) is 7.04. The van der Waals surface area contributed by atoms with Gasteiger partial charge in [0.25, 0.3) is 0 Å². The molecular weight excluding hydrogens is 416 g/mol. The smallest absolute Gasteiger partial charge is 0.244 e. The van der Waals surface area contributed by atoms with E-state index in [1.54, 1.807) is 6.92 Å². The summed E-state index contributed by atoms with van der Waals surface area (Å²) < 4.78 is 58.9. The minimum atomic E-state index is -3.96. The monoisotopic (exact) mass is 442 g/mol. The van der Waals surface area contributed by atoms with Gasteiger partial charge in [0, 0.05) is 13.0 Å². The van der Waals surface area contributed by atoms with Gasteiger partial charge in [0.15, 0.2) is 0 Å². The van der Waals surface area contributed by atoms with Crippen LogP contribution in [0.25, 0.3) is 0 Å². The van der Waals surface area contributed by atoms with Gasteiger partial charge in [-0.2, -0.15) is 0 Å². The molecule has 0 unspecified atom stereocenters. The fourth-order valence-electron chi connectivity index (χ4n) is 3.53. The molecule has 0 atom stereocenters. The Bertz CT molecular complexity index is 1020. The first-order valence-electron chi connectivity index (χ1n) is 9.75. The summed E-state index contributed by atoms with van der Waals surface area (Å²) in [6, 6.07) is 3.96. The molecule has 1 saturated heterocycles. The second-order valence-corrected chi connectivity index (χ2v) is 10.7. The largest absolute Gasteiger partial charge is 0.492 e. The second kappa shape index (κ2) is 8.85. The highest BCUT2D eigenvalue weighted by atomic mass is 32.2.